The van der Waals surface area contributed by atoms with Gasteiger partial charge in [0, 0.05) is 11.8 Å². The zero-order valence-corrected chi connectivity index (χ0v) is 18.6. The summed E-state index contributed by atoms with van der Waals surface area (Å²) in [4.78, 5) is 11.8. The molecule has 3 heteroatoms. The first-order valence-electron chi connectivity index (χ1n) is 11.7. The van der Waals surface area contributed by atoms with Gasteiger partial charge in [0.05, 0.1) is 0 Å². The molecule has 1 atom stereocenters. The molecule has 164 valence electrons. The van der Waals surface area contributed by atoms with Crippen LogP contribution in [0.4, 0.5) is 4.39 Å². The lowest BCUT2D eigenvalue weighted by molar-refractivity contribution is -0.150. The highest BCUT2D eigenvalue weighted by Crippen LogP contribution is 2.60. The molecule has 1 spiro atoms. The zero-order chi connectivity index (χ0) is 22.1. The SMILES string of the molecule is Cc1cc(C2=C(C=CC3CCCC(=O)O3)C3(CCCC3)C(c3ccccc3)=C2)ccc1F. The topological polar surface area (TPSA) is 26.3 Å². The van der Waals surface area contributed by atoms with Crippen molar-refractivity contribution >= 4 is 17.1 Å². The van der Waals surface area contributed by atoms with E-state index < -0.39 is 0 Å². The van der Waals surface area contributed by atoms with Crippen LogP contribution >= 0.6 is 0 Å². The number of carbonyl (C=O) groups excluding carboxylic acids is 1. The van der Waals surface area contributed by atoms with Gasteiger partial charge in [-0.1, -0.05) is 55.3 Å². The molecule has 0 N–H and O–H groups in total. The first kappa shape index (κ1) is 20.9. The van der Waals surface area contributed by atoms with Gasteiger partial charge in [-0.05, 0) is 90.3 Å². The Hall–Kier alpha value is -2.94. The number of rotatable bonds is 4. The fourth-order valence-corrected chi connectivity index (χ4v) is 5.63. The van der Waals surface area contributed by atoms with E-state index in [0.717, 1.165) is 36.8 Å². The molecule has 3 aliphatic rings. The average Bonchev–Trinajstić information content (AvgIpc) is 3.41. The molecule has 2 nitrogen and oxygen atoms in total. The second-order valence-electron chi connectivity index (χ2n) is 9.28. The predicted octanol–water partition coefficient (Wildman–Crippen LogP) is 7.20. The van der Waals surface area contributed by atoms with Gasteiger partial charge in [0.25, 0.3) is 0 Å². The third kappa shape index (κ3) is 3.74. The van der Waals surface area contributed by atoms with Crippen molar-refractivity contribution in [3.8, 4) is 0 Å². The van der Waals surface area contributed by atoms with Gasteiger partial charge in [-0.25, -0.2) is 4.39 Å². The maximum Gasteiger partial charge on any atom is 0.306 e. The van der Waals surface area contributed by atoms with Crippen LogP contribution in [0.5, 0.6) is 0 Å². The number of halogens is 1. The van der Waals surface area contributed by atoms with E-state index in [1.165, 1.54) is 29.6 Å². The summed E-state index contributed by atoms with van der Waals surface area (Å²) in [5, 5.41) is 0. The lowest BCUT2D eigenvalue weighted by atomic mass is 9.72. The third-order valence-corrected chi connectivity index (χ3v) is 7.25. The first-order valence-corrected chi connectivity index (χ1v) is 11.7. The van der Waals surface area contributed by atoms with Gasteiger partial charge in [0.15, 0.2) is 0 Å². The number of esters is 1. The summed E-state index contributed by atoms with van der Waals surface area (Å²) in [5.74, 6) is -0.291. The van der Waals surface area contributed by atoms with Crippen LogP contribution in [0, 0.1) is 18.2 Å². The maximum atomic E-state index is 14.1. The molecule has 0 bridgehead atoms. The molecular weight excluding hydrogens is 399 g/mol. The second kappa shape index (κ2) is 8.54. The van der Waals surface area contributed by atoms with Crippen molar-refractivity contribution < 1.29 is 13.9 Å². The monoisotopic (exact) mass is 428 g/mol. The van der Waals surface area contributed by atoms with E-state index in [1.54, 1.807) is 6.07 Å². The van der Waals surface area contributed by atoms with Crippen molar-refractivity contribution in [3.63, 3.8) is 0 Å². The van der Waals surface area contributed by atoms with E-state index in [-0.39, 0.29) is 23.3 Å². The van der Waals surface area contributed by atoms with Gasteiger partial charge in [-0.3, -0.25) is 4.79 Å². The molecule has 1 saturated heterocycles. The van der Waals surface area contributed by atoms with Gasteiger partial charge < -0.3 is 4.74 Å². The standard InChI is InChI=1S/C29H29FO2/c1-20-18-22(12-15-27(20)30)24-19-26(21-8-3-2-4-9-21)29(16-5-6-17-29)25(24)14-13-23-10-7-11-28(31)32-23/h2-4,8-9,12-15,18-19,23H,5-7,10-11,16-17H2,1H3. The number of carbonyl (C=O) groups is 1. The molecule has 0 amide bonds. The molecule has 2 fully saturated rings. The largest absolute Gasteiger partial charge is 0.458 e. The van der Waals surface area contributed by atoms with Crippen molar-refractivity contribution in [2.24, 2.45) is 5.41 Å². The summed E-state index contributed by atoms with van der Waals surface area (Å²) in [6.07, 6.45) is 13.3. The Morgan fingerprint density at radius 3 is 2.53 bits per heavy atom. The molecule has 32 heavy (non-hydrogen) atoms. The van der Waals surface area contributed by atoms with E-state index >= 15 is 0 Å². The van der Waals surface area contributed by atoms with Gasteiger partial charge in [-0.2, -0.15) is 0 Å². The van der Waals surface area contributed by atoms with Crippen LogP contribution in [-0.2, 0) is 9.53 Å². The van der Waals surface area contributed by atoms with E-state index in [9.17, 15) is 9.18 Å². The number of cyclic esters (lactones) is 1. The number of benzene rings is 2. The summed E-state index contributed by atoms with van der Waals surface area (Å²) in [5.41, 5.74) is 6.69. The minimum absolute atomic E-state index is 0.0475. The number of hydrogen-bond acceptors (Lipinski definition) is 2. The highest BCUT2D eigenvalue weighted by molar-refractivity contribution is 5.97. The van der Waals surface area contributed by atoms with E-state index in [4.69, 9.17) is 4.74 Å². The Labute approximate surface area is 189 Å². The fraction of sp³-hybridized carbons (Fsp3) is 0.345. The minimum Gasteiger partial charge on any atom is -0.458 e. The van der Waals surface area contributed by atoms with Crippen LogP contribution in [0.15, 0.2) is 72.3 Å². The Balaban J connectivity index is 1.64. The molecule has 2 aromatic carbocycles. The Morgan fingerprint density at radius 1 is 1.03 bits per heavy atom. The predicted molar refractivity (Wildman–Crippen MR) is 126 cm³/mol. The molecule has 0 aromatic heterocycles. The molecular formula is C29H29FO2. The minimum atomic E-state index is -0.179. The smallest absolute Gasteiger partial charge is 0.306 e. The van der Waals surface area contributed by atoms with Crippen molar-refractivity contribution in [2.75, 3.05) is 0 Å². The third-order valence-electron chi connectivity index (χ3n) is 7.25. The van der Waals surface area contributed by atoms with Gasteiger partial charge in [0.1, 0.15) is 11.9 Å². The van der Waals surface area contributed by atoms with Crippen LogP contribution in [0.25, 0.3) is 11.1 Å². The first-order chi connectivity index (χ1) is 15.6. The summed E-state index contributed by atoms with van der Waals surface area (Å²) >= 11 is 0. The van der Waals surface area contributed by atoms with Crippen LogP contribution in [0.2, 0.25) is 0 Å². The van der Waals surface area contributed by atoms with Crippen molar-refractivity contribution in [2.45, 2.75) is 58.0 Å². The average molecular weight is 429 g/mol. The Bertz CT molecular complexity index is 1120. The summed E-state index contributed by atoms with van der Waals surface area (Å²) in [6, 6.07) is 16.0. The number of allylic oxidation sites excluding steroid dienone is 5. The molecule has 2 aliphatic carbocycles. The number of ether oxygens (including phenoxy) is 1. The second-order valence-corrected chi connectivity index (χ2v) is 9.28. The highest BCUT2D eigenvalue weighted by atomic mass is 19.1. The lowest BCUT2D eigenvalue weighted by Crippen LogP contribution is -2.22. The Kier molecular flexibility index (Phi) is 5.58. The highest BCUT2D eigenvalue weighted by Gasteiger charge is 2.45. The molecule has 1 heterocycles. The van der Waals surface area contributed by atoms with Crippen LogP contribution in [0.1, 0.15) is 61.6 Å². The van der Waals surface area contributed by atoms with Gasteiger partial charge in [0.2, 0.25) is 0 Å². The van der Waals surface area contributed by atoms with Crippen molar-refractivity contribution in [1.29, 1.82) is 0 Å². The van der Waals surface area contributed by atoms with Crippen molar-refractivity contribution in [1.82, 2.24) is 0 Å². The fourth-order valence-electron chi connectivity index (χ4n) is 5.63. The number of hydrogen-bond donors (Lipinski definition) is 0. The molecule has 5 rings (SSSR count). The van der Waals surface area contributed by atoms with Crippen LogP contribution in [0.3, 0.4) is 0 Å². The molecule has 1 unspecified atom stereocenters. The van der Waals surface area contributed by atoms with E-state index in [1.807, 2.05) is 19.1 Å². The summed E-state index contributed by atoms with van der Waals surface area (Å²) in [7, 11) is 0. The normalized spacial score (nSPS) is 22.6. The van der Waals surface area contributed by atoms with Crippen LogP contribution < -0.4 is 0 Å². The van der Waals surface area contributed by atoms with Crippen LogP contribution in [-0.4, -0.2) is 12.1 Å². The molecule has 2 aromatic rings. The molecule has 1 saturated carbocycles. The zero-order valence-electron chi connectivity index (χ0n) is 18.6. The van der Waals surface area contributed by atoms with Gasteiger partial charge >= 0.3 is 5.97 Å². The maximum absolute atomic E-state index is 14.1. The molecule has 0 radical (unpaired) electrons. The van der Waals surface area contributed by atoms with Crippen molar-refractivity contribution in [3.05, 3.63) is 94.8 Å². The van der Waals surface area contributed by atoms with E-state index in [2.05, 4.69) is 48.6 Å². The lowest BCUT2D eigenvalue weighted by Gasteiger charge is -2.31. The van der Waals surface area contributed by atoms with Gasteiger partial charge in [-0.15, -0.1) is 0 Å². The van der Waals surface area contributed by atoms with E-state index in [0.29, 0.717) is 12.0 Å². The molecule has 1 aliphatic heterocycles. The quantitative estimate of drug-likeness (QED) is 0.482. The summed E-state index contributed by atoms with van der Waals surface area (Å²) < 4.78 is 19.6. The Morgan fingerprint density at radius 2 is 1.81 bits per heavy atom. The number of aryl methyl sites for hydroxylation is 1. The summed E-state index contributed by atoms with van der Waals surface area (Å²) in [6.45, 7) is 1.82.